The fourth-order valence-corrected chi connectivity index (χ4v) is 4.93. The van der Waals surface area contributed by atoms with Crippen molar-refractivity contribution in [1.82, 2.24) is 35.0 Å². The first-order valence-corrected chi connectivity index (χ1v) is 11.9. The summed E-state index contributed by atoms with van der Waals surface area (Å²) in [5.41, 5.74) is 4.97. The molecule has 1 saturated heterocycles. The third kappa shape index (κ3) is 4.51. The molecule has 0 amide bonds. The number of fused-ring (bicyclic) bond motifs is 1. The van der Waals surface area contributed by atoms with E-state index in [1.807, 2.05) is 35.9 Å². The number of benzene rings is 2. The lowest BCUT2D eigenvalue weighted by Gasteiger charge is -2.37. The van der Waals surface area contributed by atoms with Crippen molar-refractivity contribution >= 4 is 10.9 Å². The number of hydrogen-bond acceptors (Lipinski definition) is 6. The predicted octanol–water partition coefficient (Wildman–Crippen LogP) is 2.71. The highest BCUT2D eigenvalue weighted by atomic mass is 16.1. The van der Waals surface area contributed by atoms with Crippen molar-refractivity contribution < 1.29 is 0 Å². The Labute approximate surface area is 199 Å². The Morgan fingerprint density at radius 1 is 1.03 bits per heavy atom. The monoisotopic (exact) mass is 457 g/mol. The van der Waals surface area contributed by atoms with Crippen LogP contribution < -0.4 is 5.56 Å². The first kappa shape index (κ1) is 22.4. The van der Waals surface area contributed by atoms with Gasteiger partial charge in [0.1, 0.15) is 6.04 Å². The van der Waals surface area contributed by atoms with Crippen LogP contribution in [-0.4, -0.2) is 68.2 Å². The summed E-state index contributed by atoms with van der Waals surface area (Å²) in [6.45, 7) is 8.33. The van der Waals surface area contributed by atoms with Crippen molar-refractivity contribution in [3.05, 3.63) is 87.0 Å². The van der Waals surface area contributed by atoms with Crippen LogP contribution in [0.4, 0.5) is 0 Å². The molecular weight excluding hydrogens is 426 g/mol. The summed E-state index contributed by atoms with van der Waals surface area (Å²) in [4.78, 5) is 21.2. The largest absolute Gasteiger partial charge is 0.321 e. The van der Waals surface area contributed by atoms with E-state index in [4.69, 9.17) is 0 Å². The minimum absolute atomic E-state index is 0.0824. The number of piperazine rings is 1. The van der Waals surface area contributed by atoms with E-state index >= 15 is 0 Å². The van der Waals surface area contributed by atoms with Gasteiger partial charge in [0.2, 0.25) is 0 Å². The van der Waals surface area contributed by atoms with Gasteiger partial charge in [-0.1, -0.05) is 42.0 Å². The second-order valence-electron chi connectivity index (χ2n) is 9.34. The first-order valence-electron chi connectivity index (χ1n) is 11.9. The minimum atomic E-state index is -0.312. The number of aromatic amines is 1. The fourth-order valence-electron chi connectivity index (χ4n) is 4.93. The Morgan fingerprint density at radius 3 is 2.56 bits per heavy atom. The lowest BCUT2D eigenvalue weighted by atomic mass is 10.00. The van der Waals surface area contributed by atoms with Gasteiger partial charge in [-0.3, -0.25) is 9.69 Å². The molecule has 1 unspecified atom stereocenters. The van der Waals surface area contributed by atoms with Gasteiger partial charge in [0.25, 0.3) is 5.56 Å². The molecule has 1 aliphatic rings. The molecule has 8 heteroatoms. The Balaban J connectivity index is 1.57. The van der Waals surface area contributed by atoms with Gasteiger partial charge in [-0.05, 0) is 66.4 Å². The summed E-state index contributed by atoms with van der Waals surface area (Å²) >= 11 is 0. The van der Waals surface area contributed by atoms with Crippen molar-refractivity contribution in [2.75, 3.05) is 33.2 Å². The van der Waals surface area contributed by atoms with Gasteiger partial charge >= 0.3 is 0 Å². The zero-order chi connectivity index (χ0) is 23.7. The van der Waals surface area contributed by atoms with Crippen LogP contribution in [0.5, 0.6) is 0 Å². The van der Waals surface area contributed by atoms with E-state index < -0.39 is 0 Å². The molecule has 1 atom stereocenters. The lowest BCUT2D eigenvalue weighted by molar-refractivity contribution is 0.121. The molecule has 5 rings (SSSR count). The first-order chi connectivity index (χ1) is 16.5. The Hall–Kier alpha value is -3.36. The number of hydrogen-bond donors (Lipinski definition) is 1. The summed E-state index contributed by atoms with van der Waals surface area (Å²) in [6, 6.07) is 16.3. The molecule has 8 nitrogen and oxygen atoms in total. The Kier molecular flexibility index (Phi) is 6.26. The standard InChI is InChI=1S/C26H31N7O/c1-18-15-19(2)23-21(16-18)17-22(26(34)27-23)24(32-13-11-31(3)12-14-32)25-28-29-30-33(25)10-9-20-7-5-4-6-8-20/h4-8,15-17,24H,9-14H2,1-3H3,(H,27,34). The summed E-state index contributed by atoms with van der Waals surface area (Å²) in [7, 11) is 2.13. The number of H-pyrrole nitrogens is 1. The highest BCUT2D eigenvalue weighted by Gasteiger charge is 2.32. The van der Waals surface area contributed by atoms with Crippen LogP contribution in [0.25, 0.3) is 10.9 Å². The van der Waals surface area contributed by atoms with E-state index in [9.17, 15) is 4.79 Å². The molecule has 4 aromatic rings. The third-order valence-corrected chi connectivity index (χ3v) is 6.78. The van der Waals surface area contributed by atoms with Crippen LogP contribution in [0.1, 0.15) is 34.1 Å². The molecule has 1 aliphatic heterocycles. The summed E-state index contributed by atoms with van der Waals surface area (Å²) in [5.74, 6) is 0.717. The van der Waals surface area contributed by atoms with Gasteiger partial charge in [-0.15, -0.1) is 5.10 Å². The number of nitrogens with zero attached hydrogens (tertiary/aromatic N) is 6. The van der Waals surface area contributed by atoms with Crippen LogP contribution in [0, 0.1) is 13.8 Å². The number of nitrogens with one attached hydrogen (secondary N) is 1. The number of aryl methyl sites for hydroxylation is 4. The fraction of sp³-hybridized carbons (Fsp3) is 0.385. The maximum Gasteiger partial charge on any atom is 0.253 e. The topological polar surface area (TPSA) is 82.9 Å². The molecule has 2 aromatic carbocycles. The van der Waals surface area contributed by atoms with E-state index in [1.54, 1.807) is 0 Å². The van der Waals surface area contributed by atoms with Crippen LogP contribution in [0.15, 0.2) is 53.3 Å². The van der Waals surface area contributed by atoms with Crippen molar-refractivity contribution in [3.8, 4) is 0 Å². The number of likely N-dealkylation sites (N-methyl/N-ethyl adjacent to an activating group) is 1. The van der Waals surface area contributed by atoms with Gasteiger partial charge in [0, 0.05) is 38.3 Å². The molecule has 34 heavy (non-hydrogen) atoms. The Bertz CT molecular complexity index is 1340. The summed E-state index contributed by atoms with van der Waals surface area (Å²) < 4.78 is 1.86. The zero-order valence-corrected chi connectivity index (χ0v) is 20.0. The number of aromatic nitrogens is 5. The molecule has 2 aromatic heterocycles. The van der Waals surface area contributed by atoms with Crippen molar-refractivity contribution in [2.45, 2.75) is 32.9 Å². The second kappa shape index (κ2) is 9.48. The van der Waals surface area contributed by atoms with Crippen molar-refractivity contribution in [1.29, 1.82) is 0 Å². The van der Waals surface area contributed by atoms with Gasteiger partial charge in [-0.25, -0.2) is 4.68 Å². The van der Waals surface area contributed by atoms with Crippen molar-refractivity contribution in [2.24, 2.45) is 0 Å². The molecule has 0 aliphatic carbocycles. The predicted molar refractivity (Wildman–Crippen MR) is 133 cm³/mol. The molecular formula is C26H31N7O. The van der Waals surface area contributed by atoms with Gasteiger partial charge in [0.05, 0.1) is 5.52 Å². The van der Waals surface area contributed by atoms with E-state index in [0.29, 0.717) is 12.1 Å². The minimum Gasteiger partial charge on any atom is -0.321 e. The Morgan fingerprint density at radius 2 is 1.79 bits per heavy atom. The van der Waals surface area contributed by atoms with Crippen LogP contribution in [-0.2, 0) is 13.0 Å². The molecule has 0 radical (unpaired) electrons. The second-order valence-corrected chi connectivity index (χ2v) is 9.34. The third-order valence-electron chi connectivity index (χ3n) is 6.78. The van der Waals surface area contributed by atoms with Gasteiger partial charge in [-0.2, -0.15) is 0 Å². The zero-order valence-electron chi connectivity index (χ0n) is 20.0. The van der Waals surface area contributed by atoms with Crippen molar-refractivity contribution in [3.63, 3.8) is 0 Å². The number of tetrazole rings is 1. The van der Waals surface area contributed by atoms with Crippen LogP contribution in [0.3, 0.4) is 0 Å². The summed E-state index contributed by atoms with van der Waals surface area (Å²) in [5, 5.41) is 13.8. The highest BCUT2D eigenvalue weighted by molar-refractivity contribution is 5.83. The molecule has 176 valence electrons. The van der Waals surface area contributed by atoms with Gasteiger partial charge in [0.15, 0.2) is 5.82 Å². The lowest BCUT2D eigenvalue weighted by Crippen LogP contribution is -2.47. The molecule has 1 fully saturated rings. The van der Waals surface area contributed by atoms with E-state index in [-0.39, 0.29) is 11.6 Å². The van der Waals surface area contributed by atoms with Crippen LogP contribution >= 0.6 is 0 Å². The van der Waals surface area contributed by atoms with Crippen LogP contribution in [0.2, 0.25) is 0 Å². The van der Waals surface area contributed by atoms with Gasteiger partial charge < -0.3 is 9.88 Å². The molecule has 0 spiro atoms. The molecule has 1 N–H and O–H groups in total. The average Bonchev–Trinajstić information content (AvgIpc) is 3.29. The SMILES string of the molecule is Cc1cc(C)c2[nH]c(=O)c(C(c3nnnn3CCc3ccccc3)N3CCN(C)CC3)cc2c1. The molecule has 3 heterocycles. The highest BCUT2D eigenvalue weighted by Crippen LogP contribution is 2.28. The van der Waals surface area contributed by atoms with E-state index in [1.165, 1.54) is 11.1 Å². The van der Waals surface area contributed by atoms with E-state index in [2.05, 4.69) is 68.5 Å². The maximum absolute atomic E-state index is 13.4. The summed E-state index contributed by atoms with van der Waals surface area (Å²) in [6.07, 6.45) is 0.820. The number of pyridine rings is 1. The average molecular weight is 458 g/mol. The maximum atomic E-state index is 13.4. The quantitative estimate of drug-likeness (QED) is 0.479. The smallest absolute Gasteiger partial charge is 0.253 e. The molecule has 0 saturated carbocycles. The molecule has 0 bridgehead atoms. The van der Waals surface area contributed by atoms with E-state index in [0.717, 1.165) is 54.9 Å². The number of rotatable bonds is 6. The normalized spacial score (nSPS) is 16.2.